The van der Waals surface area contributed by atoms with Crippen LogP contribution in [-0.2, 0) is 4.74 Å². The van der Waals surface area contributed by atoms with Gasteiger partial charge < -0.3 is 10.1 Å². The van der Waals surface area contributed by atoms with E-state index in [1.54, 1.807) is 6.07 Å². The van der Waals surface area contributed by atoms with Crippen molar-refractivity contribution in [1.29, 1.82) is 0 Å². The molecule has 0 radical (unpaired) electrons. The normalized spacial score (nSPS) is 10.7. The summed E-state index contributed by atoms with van der Waals surface area (Å²) >= 11 is 11.7. The van der Waals surface area contributed by atoms with E-state index >= 15 is 0 Å². The van der Waals surface area contributed by atoms with E-state index in [0.29, 0.717) is 16.7 Å². The summed E-state index contributed by atoms with van der Waals surface area (Å²) < 4.78 is 5.40. The maximum absolute atomic E-state index is 5.86. The number of anilines is 1. The first-order valence-corrected chi connectivity index (χ1v) is 5.65. The lowest BCUT2D eigenvalue weighted by Crippen LogP contribution is -2.13. The minimum absolute atomic E-state index is 0.259. The van der Waals surface area contributed by atoms with Crippen LogP contribution < -0.4 is 5.32 Å². The van der Waals surface area contributed by atoms with E-state index in [4.69, 9.17) is 27.9 Å². The van der Waals surface area contributed by atoms with Crippen LogP contribution in [0.5, 0.6) is 0 Å². The van der Waals surface area contributed by atoms with Crippen LogP contribution in [0.2, 0.25) is 10.0 Å². The second-order valence-corrected chi connectivity index (χ2v) is 4.38. The van der Waals surface area contributed by atoms with Crippen molar-refractivity contribution in [3.8, 4) is 0 Å². The van der Waals surface area contributed by atoms with Gasteiger partial charge in [0.25, 0.3) is 0 Å². The van der Waals surface area contributed by atoms with Gasteiger partial charge in [-0.25, -0.2) is 0 Å². The Balaban J connectivity index is 2.37. The summed E-state index contributed by atoms with van der Waals surface area (Å²) in [5.74, 6) is 0. The molecule has 2 nitrogen and oxygen atoms in total. The Morgan fingerprint density at radius 2 is 1.80 bits per heavy atom. The molecule has 1 N–H and O–H groups in total. The maximum Gasteiger partial charge on any atom is 0.0642 e. The molecule has 4 heteroatoms. The predicted molar refractivity (Wildman–Crippen MR) is 66.0 cm³/mol. The van der Waals surface area contributed by atoms with Gasteiger partial charge in [0.05, 0.1) is 12.7 Å². The molecule has 0 aliphatic carbocycles. The first-order chi connectivity index (χ1) is 7.08. The number of halogens is 2. The second-order valence-electron chi connectivity index (χ2n) is 3.50. The Hall–Kier alpha value is -0.440. The fourth-order valence-electron chi connectivity index (χ4n) is 1.15. The Morgan fingerprint density at radius 1 is 1.20 bits per heavy atom. The van der Waals surface area contributed by atoms with Crippen molar-refractivity contribution in [2.75, 3.05) is 18.5 Å². The summed E-state index contributed by atoms with van der Waals surface area (Å²) in [5.41, 5.74) is 0.917. The van der Waals surface area contributed by atoms with Crippen LogP contribution in [-0.4, -0.2) is 19.3 Å². The van der Waals surface area contributed by atoms with Gasteiger partial charge in [0.15, 0.2) is 0 Å². The zero-order valence-corrected chi connectivity index (χ0v) is 10.4. The molecule has 0 aliphatic heterocycles. The molecule has 1 aromatic carbocycles. The van der Waals surface area contributed by atoms with Gasteiger partial charge in [-0.05, 0) is 32.0 Å². The van der Waals surface area contributed by atoms with Crippen molar-refractivity contribution in [2.45, 2.75) is 20.0 Å². The zero-order chi connectivity index (χ0) is 11.3. The number of benzene rings is 1. The SMILES string of the molecule is CC(C)OCCNc1cc(Cl)cc(Cl)c1. The van der Waals surface area contributed by atoms with E-state index in [2.05, 4.69) is 5.32 Å². The second kappa shape index (κ2) is 6.21. The average molecular weight is 248 g/mol. The Kier molecular flexibility index (Phi) is 5.23. The highest BCUT2D eigenvalue weighted by Crippen LogP contribution is 2.22. The van der Waals surface area contributed by atoms with E-state index in [1.807, 2.05) is 26.0 Å². The molecule has 1 aromatic rings. The Bertz CT molecular complexity index is 295. The fraction of sp³-hybridized carbons (Fsp3) is 0.455. The number of ether oxygens (including phenoxy) is 1. The number of nitrogens with one attached hydrogen (secondary N) is 1. The third kappa shape index (κ3) is 5.26. The number of hydrogen-bond acceptors (Lipinski definition) is 2. The predicted octanol–water partition coefficient (Wildman–Crippen LogP) is 3.83. The van der Waals surface area contributed by atoms with Crippen LogP contribution in [0.4, 0.5) is 5.69 Å². The highest BCUT2D eigenvalue weighted by Gasteiger charge is 1.98. The van der Waals surface area contributed by atoms with Gasteiger partial charge in [-0.2, -0.15) is 0 Å². The average Bonchev–Trinajstić information content (AvgIpc) is 2.10. The topological polar surface area (TPSA) is 21.3 Å². The summed E-state index contributed by atoms with van der Waals surface area (Å²) in [4.78, 5) is 0. The molecule has 1 rings (SSSR count). The van der Waals surface area contributed by atoms with Crippen LogP contribution >= 0.6 is 23.2 Å². The summed E-state index contributed by atoms with van der Waals surface area (Å²) in [5, 5.41) is 4.46. The number of rotatable bonds is 5. The highest BCUT2D eigenvalue weighted by atomic mass is 35.5. The summed E-state index contributed by atoms with van der Waals surface area (Å²) in [6, 6.07) is 5.38. The van der Waals surface area contributed by atoms with Crippen molar-refractivity contribution in [3.63, 3.8) is 0 Å². The molecule has 0 amide bonds. The molecular formula is C11H15Cl2NO. The Labute approximate surface area is 101 Å². The van der Waals surface area contributed by atoms with Crippen LogP contribution in [0.1, 0.15) is 13.8 Å². The van der Waals surface area contributed by atoms with E-state index in [9.17, 15) is 0 Å². The molecule has 0 saturated carbocycles. The van der Waals surface area contributed by atoms with Crippen molar-refractivity contribution < 1.29 is 4.74 Å². The standard InChI is InChI=1S/C11H15Cl2NO/c1-8(2)15-4-3-14-11-6-9(12)5-10(13)7-11/h5-8,14H,3-4H2,1-2H3. The molecular weight excluding hydrogens is 233 g/mol. The van der Waals surface area contributed by atoms with Crippen LogP contribution in [0.3, 0.4) is 0 Å². The molecule has 0 unspecified atom stereocenters. The first-order valence-electron chi connectivity index (χ1n) is 4.89. The quantitative estimate of drug-likeness (QED) is 0.799. The van der Waals surface area contributed by atoms with Gasteiger partial charge in [0.2, 0.25) is 0 Å². The minimum atomic E-state index is 0.259. The molecule has 84 valence electrons. The third-order valence-electron chi connectivity index (χ3n) is 1.74. The molecule has 0 bridgehead atoms. The van der Waals surface area contributed by atoms with Crippen molar-refractivity contribution in [1.82, 2.24) is 0 Å². The third-order valence-corrected chi connectivity index (χ3v) is 2.18. The lowest BCUT2D eigenvalue weighted by molar-refractivity contribution is 0.0870. The fourth-order valence-corrected chi connectivity index (χ4v) is 1.67. The molecule has 0 aliphatic rings. The van der Waals surface area contributed by atoms with Gasteiger partial charge in [-0.3, -0.25) is 0 Å². The molecule has 0 heterocycles. The summed E-state index contributed by atoms with van der Waals surface area (Å²) in [6.07, 6.45) is 0.259. The maximum atomic E-state index is 5.86. The van der Waals surface area contributed by atoms with E-state index in [1.165, 1.54) is 0 Å². The zero-order valence-electron chi connectivity index (χ0n) is 8.89. The van der Waals surface area contributed by atoms with Gasteiger partial charge in [-0.1, -0.05) is 23.2 Å². The lowest BCUT2D eigenvalue weighted by atomic mass is 10.3. The molecule has 15 heavy (non-hydrogen) atoms. The van der Waals surface area contributed by atoms with E-state index in [0.717, 1.165) is 12.2 Å². The molecule has 0 atom stereocenters. The minimum Gasteiger partial charge on any atom is -0.383 e. The van der Waals surface area contributed by atoms with Crippen molar-refractivity contribution in [3.05, 3.63) is 28.2 Å². The number of hydrogen-bond donors (Lipinski definition) is 1. The molecule has 0 aromatic heterocycles. The monoisotopic (exact) mass is 247 g/mol. The smallest absolute Gasteiger partial charge is 0.0642 e. The van der Waals surface area contributed by atoms with Crippen molar-refractivity contribution >= 4 is 28.9 Å². The summed E-state index contributed by atoms with van der Waals surface area (Å²) in [7, 11) is 0. The van der Waals surface area contributed by atoms with Gasteiger partial charge in [-0.15, -0.1) is 0 Å². The molecule has 0 saturated heterocycles. The lowest BCUT2D eigenvalue weighted by Gasteiger charge is -2.10. The first kappa shape index (κ1) is 12.6. The highest BCUT2D eigenvalue weighted by molar-refractivity contribution is 6.35. The van der Waals surface area contributed by atoms with Gasteiger partial charge in [0.1, 0.15) is 0 Å². The molecule has 0 fully saturated rings. The van der Waals surface area contributed by atoms with Crippen molar-refractivity contribution in [2.24, 2.45) is 0 Å². The van der Waals surface area contributed by atoms with Crippen LogP contribution in [0.15, 0.2) is 18.2 Å². The molecule has 0 spiro atoms. The van der Waals surface area contributed by atoms with E-state index < -0.39 is 0 Å². The van der Waals surface area contributed by atoms with Gasteiger partial charge >= 0.3 is 0 Å². The summed E-state index contributed by atoms with van der Waals surface area (Å²) in [6.45, 7) is 5.43. The van der Waals surface area contributed by atoms with E-state index in [-0.39, 0.29) is 6.10 Å². The van der Waals surface area contributed by atoms with Gasteiger partial charge in [0, 0.05) is 22.3 Å². The Morgan fingerprint density at radius 3 is 2.33 bits per heavy atom. The van der Waals surface area contributed by atoms with Crippen LogP contribution in [0, 0.1) is 0 Å². The largest absolute Gasteiger partial charge is 0.383 e. The van der Waals surface area contributed by atoms with Crippen LogP contribution in [0.25, 0.3) is 0 Å².